The average Bonchev–Trinajstić information content (AvgIpc) is 3.18. The van der Waals surface area contributed by atoms with Crippen LogP contribution in [-0.4, -0.2) is 67.2 Å². The molecular formula is C18H23FN2O3. The number of ether oxygens (including phenoxy) is 2. The van der Waals surface area contributed by atoms with Crippen molar-refractivity contribution >= 4 is 5.91 Å². The van der Waals surface area contributed by atoms with Crippen LogP contribution in [0.5, 0.6) is 5.75 Å². The second kappa shape index (κ2) is 6.33. The van der Waals surface area contributed by atoms with Crippen molar-refractivity contribution in [1.82, 2.24) is 9.80 Å². The highest BCUT2D eigenvalue weighted by Crippen LogP contribution is 2.31. The monoisotopic (exact) mass is 334 g/mol. The lowest BCUT2D eigenvalue weighted by Gasteiger charge is -2.34. The van der Waals surface area contributed by atoms with Gasteiger partial charge in [-0.15, -0.1) is 0 Å². The summed E-state index contributed by atoms with van der Waals surface area (Å²) in [6, 6.07) is 4.84. The minimum atomic E-state index is -0.516. The van der Waals surface area contributed by atoms with E-state index in [1.165, 1.54) is 12.1 Å². The minimum Gasteiger partial charge on any atom is -0.480 e. The van der Waals surface area contributed by atoms with Gasteiger partial charge in [0.05, 0.1) is 13.2 Å². The highest BCUT2D eigenvalue weighted by atomic mass is 19.1. The van der Waals surface area contributed by atoms with E-state index in [4.69, 9.17) is 9.47 Å². The lowest BCUT2D eigenvalue weighted by molar-refractivity contribution is -0.137. The van der Waals surface area contributed by atoms with Gasteiger partial charge in [0.2, 0.25) is 0 Å². The van der Waals surface area contributed by atoms with Crippen LogP contribution < -0.4 is 4.74 Å². The van der Waals surface area contributed by atoms with Crippen LogP contribution in [0.25, 0.3) is 0 Å². The Hall–Kier alpha value is -1.66. The SMILES string of the molecule is CC1CN(C(=O)C2Cc3cc(F)ccc3O2)CC1N1CCOCC1. The first-order valence-electron chi connectivity index (χ1n) is 8.67. The Morgan fingerprint density at radius 1 is 1.25 bits per heavy atom. The van der Waals surface area contributed by atoms with Crippen LogP contribution in [0, 0.1) is 11.7 Å². The van der Waals surface area contributed by atoms with Crippen molar-refractivity contribution in [3.8, 4) is 5.75 Å². The summed E-state index contributed by atoms with van der Waals surface area (Å²) in [5.41, 5.74) is 0.783. The molecular weight excluding hydrogens is 311 g/mol. The van der Waals surface area contributed by atoms with E-state index in [2.05, 4.69) is 11.8 Å². The predicted molar refractivity (Wildman–Crippen MR) is 86.4 cm³/mol. The largest absolute Gasteiger partial charge is 0.480 e. The van der Waals surface area contributed by atoms with Gasteiger partial charge in [0.15, 0.2) is 6.10 Å². The number of likely N-dealkylation sites (tertiary alicyclic amines) is 1. The molecule has 0 saturated carbocycles. The molecule has 3 aliphatic heterocycles. The molecule has 2 saturated heterocycles. The van der Waals surface area contributed by atoms with Crippen molar-refractivity contribution in [3.05, 3.63) is 29.6 Å². The van der Waals surface area contributed by atoms with Crippen LogP contribution >= 0.6 is 0 Å². The van der Waals surface area contributed by atoms with E-state index in [0.29, 0.717) is 24.1 Å². The molecule has 0 bridgehead atoms. The maximum Gasteiger partial charge on any atom is 0.264 e. The lowest BCUT2D eigenvalue weighted by Crippen LogP contribution is -2.47. The van der Waals surface area contributed by atoms with E-state index in [-0.39, 0.29) is 11.7 Å². The zero-order chi connectivity index (χ0) is 16.7. The van der Waals surface area contributed by atoms with Crippen LogP contribution in [-0.2, 0) is 16.0 Å². The van der Waals surface area contributed by atoms with Crippen LogP contribution in [0.4, 0.5) is 4.39 Å². The Bertz CT molecular complexity index is 633. The Morgan fingerprint density at radius 2 is 2.04 bits per heavy atom. The zero-order valence-corrected chi connectivity index (χ0v) is 13.9. The Labute approximate surface area is 141 Å². The summed E-state index contributed by atoms with van der Waals surface area (Å²) < 4.78 is 24.5. The Morgan fingerprint density at radius 3 is 2.83 bits per heavy atom. The minimum absolute atomic E-state index is 0.0224. The van der Waals surface area contributed by atoms with Gasteiger partial charge in [-0.25, -0.2) is 4.39 Å². The molecule has 3 unspecified atom stereocenters. The molecule has 0 aromatic heterocycles. The summed E-state index contributed by atoms with van der Waals surface area (Å²) in [4.78, 5) is 17.2. The van der Waals surface area contributed by atoms with E-state index in [9.17, 15) is 9.18 Å². The highest BCUT2D eigenvalue weighted by molar-refractivity contribution is 5.83. The van der Waals surface area contributed by atoms with Crippen LogP contribution in [0.1, 0.15) is 12.5 Å². The molecule has 0 radical (unpaired) electrons. The number of hydrogen-bond acceptors (Lipinski definition) is 4. The summed E-state index contributed by atoms with van der Waals surface area (Å²) in [5.74, 6) is 0.807. The Balaban J connectivity index is 1.41. The molecule has 1 aromatic rings. The van der Waals surface area contributed by atoms with Crippen LogP contribution in [0.2, 0.25) is 0 Å². The molecule has 24 heavy (non-hydrogen) atoms. The second-order valence-electron chi connectivity index (χ2n) is 7.00. The van der Waals surface area contributed by atoms with Gasteiger partial charge in [0, 0.05) is 44.2 Å². The van der Waals surface area contributed by atoms with Gasteiger partial charge < -0.3 is 14.4 Å². The molecule has 0 spiro atoms. The molecule has 3 atom stereocenters. The van der Waals surface area contributed by atoms with E-state index in [1.807, 2.05) is 4.90 Å². The number of fused-ring (bicyclic) bond motifs is 1. The summed E-state index contributed by atoms with van der Waals surface area (Å²) in [6.07, 6.45) is -0.0589. The van der Waals surface area contributed by atoms with Crippen molar-refractivity contribution in [3.63, 3.8) is 0 Å². The first-order chi connectivity index (χ1) is 11.6. The van der Waals surface area contributed by atoms with Gasteiger partial charge in [-0.05, 0) is 24.1 Å². The van der Waals surface area contributed by atoms with Crippen molar-refractivity contribution < 1.29 is 18.7 Å². The molecule has 4 rings (SSSR count). The summed E-state index contributed by atoms with van der Waals surface area (Å²) in [6.45, 7) is 7.10. The van der Waals surface area contributed by atoms with E-state index in [1.54, 1.807) is 6.07 Å². The number of carbonyl (C=O) groups excluding carboxylic acids is 1. The number of carbonyl (C=O) groups is 1. The van der Waals surface area contributed by atoms with Gasteiger partial charge in [-0.1, -0.05) is 6.92 Å². The van der Waals surface area contributed by atoms with E-state index >= 15 is 0 Å². The molecule has 1 aromatic carbocycles. The topological polar surface area (TPSA) is 42.0 Å². The third kappa shape index (κ3) is 2.89. The second-order valence-corrected chi connectivity index (χ2v) is 7.00. The third-order valence-electron chi connectivity index (χ3n) is 5.37. The van der Waals surface area contributed by atoms with Crippen molar-refractivity contribution in [1.29, 1.82) is 0 Å². The molecule has 3 heterocycles. The number of nitrogens with zero attached hydrogens (tertiary/aromatic N) is 2. The maximum absolute atomic E-state index is 13.3. The first-order valence-corrected chi connectivity index (χ1v) is 8.67. The molecule has 130 valence electrons. The number of morpholine rings is 1. The van der Waals surface area contributed by atoms with E-state index < -0.39 is 6.10 Å². The molecule has 1 amide bonds. The van der Waals surface area contributed by atoms with Crippen LogP contribution in [0.15, 0.2) is 18.2 Å². The fraction of sp³-hybridized carbons (Fsp3) is 0.611. The average molecular weight is 334 g/mol. The summed E-state index contributed by atoms with van der Waals surface area (Å²) >= 11 is 0. The number of rotatable bonds is 2. The number of halogens is 1. The van der Waals surface area contributed by atoms with Crippen molar-refractivity contribution in [2.45, 2.75) is 25.5 Å². The number of amides is 1. The van der Waals surface area contributed by atoms with Gasteiger partial charge in [0.1, 0.15) is 11.6 Å². The van der Waals surface area contributed by atoms with E-state index in [0.717, 1.165) is 45.0 Å². The number of hydrogen-bond donors (Lipinski definition) is 0. The lowest BCUT2D eigenvalue weighted by atomic mass is 10.0. The predicted octanol–water partition coefficient (Wildman–Crippen LogP) is 1.31. The van der Waals surface area contributed by atoms with Crippen LogP contribution in [0.3, 0.4) is 0 Å². The standard InChI is InChI=1S/C18H23FN2O3/c1-12-10-21(11-15(12)20-4-6-23-7-5-20)18(22)17-9-13-8-14(19)2-3-16(13)24-17/h2-3,8,12,15,17H,4-7,9-11H2,1H3. The summed E-state index contributed by atoms with van der Waals surface area (Å²) in [7, 11) is 0. The molecule has 2 fully saturated rings. The molecule has 0 aliphatic carbocycles. The van der Waals surface area contributed by atoms with Gasteiger partial charge in [0.25, 0.3) is 5.91 Å². The van der Waals surface area contributed by atoms with Crippen molar-refractivity contribution in [2.75, 3.05) is 39.4 Å². The maximum atomic E-state index is 13.3. The smallest absolute Gasteiger partial charge is 0.264 e. The molecule has 6 heteroatoms. The van der Waals surface area contributed by atoms with Gasteiger partial charge >= 0.3 is 0 Å². The molecule has 5 nitrogen and oxygen atoms in total. The summed E-state index contributed by atoms with van der Waals surface area (Å²) in [5, 5.41) is 0. The van der Waals surface area contributed by atoms with Gasteiger partial charge in [-0.2, -0.15) is 0 Å². The van der Waals surface area contributed by atoms with Crippen molar-refractivity contribution in [2.24, 2.45) is 5.92 Å². The Kier molecular flexibility index (Phi) is 4.18. The molecule has 3 aliphatic rings. The van der Waals surface area contributed by atoms with Gasteiger partial charge in [-0.3, -0.25) is 9.69 Å². The fourth-order valence-electron chi connectivity index (χ4n) is 4.07. The normalized spacial score (nSPS) is 30.2. The quantitative estimate of drug-likeness (QED) is 0.818. The molecule has 0 N–H and O–H groups in total. The third-order valence-corrected chi connectivity index (χ3v) is 5.37. The highest BCUT2D eigenvalue weighted by Gasteiger charge is 2.40. The number of benzene rings is 1. The fourth-order valence-corrected chi connectivity index (χ4v) is 4.07. The zero-order valence-electron chi connectivity index (χ0n) is 13.9. The first kappa shape index (κ1) is 15.8.